The summed E-state index contributed by atoms with van der Waals surface area (Å²) in [5.41, 5.74) is 0.823. The van der Waals surface area contributed by atoms with E-state index in [1.807, 2.05) is 0 Å². The van der Waals surface area contributed by atoms with E-state index in [2.05, 4.69) is 45.3 Å². The molecule has 0 aliphatic heterocycles. The van der Waals surface area contributed by atoms with E-state index in [4.69, 9.17) is 0 Å². The van der Waals surface area contributed by atoms with Crippen molar-refractivity contribution in [3.05, 3.63) is 0 Å². The van der Waals surface area contributed by atoms with Gasteiger partial charge in [-0.15, -0.1) is 0 Å². The second kappa shape index (κ2) is 5.67. The molecular weight excluding hydrogens is 248 g/mol. The molecule has 2 N–H and O–H groups in total. The second-order valence-electron chi connectivity index (χ2n) is 8.25. The van der Waals surface area contributed by atoms with Crippen molar-refractivity contribution in [2.75, 3.05) is 13.1 Å². The fraction of sp³-hybridized carbons (Fsp3) is 0.941. The summed E-state index contributed by atoms with van der Waals surface area (Å²) in [7, 11) is 0. The number of carbonyl (C=O) groups is 1. The third-order valence-corrected chi connectivity index (χ3v) is 5.68. The van der Waals surface area contributed by atoms with Crippen molar-refractivity contribution < 1.29 is 4.79 Å². The normalized spacial score (nSPS) is 34.7. The summed E-state index contributed by atoms with van der Waals surface area (Å²) in [4.78, 5) is 11.8. The molecule has 116 valence electrons. The Labute approximate surface area is 124 Å². The molecule has 2 saturated carbocycles. The van der Waals surface area contributed by atoms with Crippen molar-refractivity contribution in [3.8, 4) is 0 Å². The van der Waals surface area contributed by atoms with Gasteiger partial charge < -0.3 is 10.6 Å². The quantitative estimate of drug-likeness (QED) is 0.785. The van der Waals surface area contributed by atoms with Gasteiger partial charge in [0.1, 0.15) is 0 Å². The monoisotopic (exact) mass is 280 g/mol. The lowest BCUT2D eigenvalue weighted by Gasteiger charge is -2.43. The average molecular weight is 280 g/mol. The van der Waals surface area contributed by atoms with E-state index >= 15 is 0 Å². The van der Waals surface area contributed by atoms with Gasteiger partial charge in [-0.3, -0.25) is 4.79 Å². The van der Waals surface area contributed by atoms with E-state index in [-0.39, 0.29) is 5.91 Å². The highest BCUT2D eigenvalue weighted by molar-refractivity contribution is 5.76. The number of amides is 1. The summed E-state index contributed by atoms with van der Waals surface area (Å²) in [5, 5.41) is 6.69. The van der Waals surface area contributed by atoms with E-state index in [0.717, 1.165) is 19.0 Å². The fourth-order valence-electron chi connectivity index (χ4n) is 4.55. The lowest BCUT2D eigenvalue weighted by Crippen LogP contribution is -2.51. The Kier molecular flexibility index (Phi) is 4.48. The largest absolute Gasteiger partial charge is 0.356 e. The van der Waals surface area contributed by atoms with Crippen LogP contribution in [0.5, 0.6) is 0 Å². The summed E-state index contributed by atoms with van der Waals surface area (Å²) in [5.74, 6) is 1.56. The molecule has 3 heteroatoms. The topological polar surface area (TPSA) is 41.1 Å². The van der Waals surface area contributed by atoms with Crippen LogP contribution in [0.2, 0.25) is 0 Å². The van der Waals surface area contributed by atoms with Gasteiger partial charge in [0, 0.05) is 25.6 Å². The zero-order chi connectivity index (χ0) is 15.0. The van der Waals surface area contributed by atoms with Crippen LogP contribution in [0.25, 0.3) is 0 Å². The lowest BCUT2D eigenvalue weighted by atomic mass is 9.68. The molecule has 0 radical (unpaired) electrons. The van der Waals surface area contributed by atoms with Gasteiger partial charge in [-0.25, -0.2) is 0 Å². The molecule has 3 atom stereocenters. The maximum absolute atomic E-state index is 11.8. The molecule has 0 aromatic carbocycles. The maximum atomic E-state index is 11.8. The first-order chi connectivity index (χ1) is 9.25. The molecule has 0 saturated heterocycles. The minimum atomic E-state index is 0.178. The Morgan fingerprint density at radius 3 is 2.55 bits per heavy atom. The molecule has 0 spiro atoms. The summed E-state index contributed by atoms with van der Waals surface area (Å²) >= 11 is 0. The van der Waals surface area contributed by atoms with E-state index in [0.29, 0.717) is 29.2 Å². The summed E-state index contributed by atoms with van der Waals surface area (Å²) in [6.45, 7) is 13.1. The van der Waals surface area contributed by atoms with Gasteiger partial charge in [-0.1, -0.05) is 34.6 Å². The van der Waals surface area contributed by atoms with Gasteiger partial charge in [-0.2, -0.15) is 0 Å². The van der Waals surface area contributed by atoms with Crippen LogP contribution in [-0.4, -0.2) is 25.0 Å². The maximum Gasteiger partial charge on any atom is 0.221 e. The average Bonchev–Trinajstić information content (AvgIpc) is 2.82. The number of hydrogen-bond acceptors (Lipinski definition) is 2. The predicted octanol–water partition coefficient (Wildman–Crippen LogP) is 2.95. The number of nitrogens with one attached hydrogen (secondary N) is 2. The molecule has 2 fully saturated rings. The van der Waals surface area contributed by atoms with Gasteiger partial charge in [0.05, 0.1) is 0 Å². The van der Waals surface area contributed by atoms with Gasteiger partial charge in [0.25, 0.3) is 0 Å². The molecule has 2 aliphatic rings. The minimum Gasteiger partial charge on any atom is -0.356 e. The first kappa shape index (κ1) is 15.8. The fourth-order valence-corrected chi connectivity index (χ4v) is 4.55. The number of carbonyl (C=O) groups excluding carboxylic acids is 1. The van der Waals surface area contributed by atoms with E-state index < -0.39 is 0 Å². The van der Waals surface area contributed by atoms with Crippen LogP contribution in [0.1, 0.15) is 60.3 Å². The van der Waals surface area contributed by atoms with E-state index in [1.165, 1.54) is 19.3 Å². The third kappa shape index (κ3) is 3.03. The van der Waals surface area contributed by atoms with E-state index in [9.17, 15) is 4.79 Å². The summed E-state index contributed by atoms with van der Waals surface area (Å²) < 4.78 is 0. The SMILES string of the molecule is CC(C)CNC(=O)CCNC1C(C)(C)[C@H]2CC[C@]1(C)C2. The van der Waals surface area contributed by atoms with E-state index in [1.54, 1.807) is 0 Å². The summed E-state index contributed by atoms with van der Waals surface area (Å²) in [6, 6.07) is 0.562. The summed E-state index contributed by atoms with van der Waals surface area (Å²) in [6.07, 6.45) is 4.69. The first-order valence-corrected chi connectivity index (χ1v) is 8.26. The number of rotatable bonds is 6. The second-order valence-corrected chi connectivity index (χ2v) is 8.25. The van der Waals surface area contributed by atoms with Crippen LogP contribution in [0.15, 0.2) is 0 Å². The smallest absolute Gasteiger partial charge is 0.221 e. The van der Waals surface area contributed by atoms with Crippen LogP contribution in [0.3, 0.4) is 0 Å². The molecule has 0 heterocycles. The molecule has 1 amide bonds. The number of hydrogen-bond donors (Lipinski definition) is 2. The molecule has 3 nitrogen and oxygen atoms in total. The standard InChI is InChI=1S/C17H32N2O/c1-12(2)11-19-14(20)7-9-18-15-16(3,4)13-6-8-17(15,5)10-13/h12-13,15,18H,6-11H2,1-5H3,(H,19,20)/t13-,15?,17+/m0/s1. The van der Waals surface area contributed by atoms with Crippen LogP contribution >= 0.6 is 0 Å². The third-order valence-electron chi connectivity index (χ3n) is 5.68. The Hall–Kier alpha value is -0.570. The zero-order valence-corrected chi connectivity index (χ0v) is 13.9. The molecule has 2 aliphatic carbocycles. The molecule has 2 rings (SSSR count). The predicted molar refractivity (Wildman–Crippen MR) is 83.5 cm³/mol. The van der Waals surface area contributed by atoms with Gasteiger partial charge >= 0.3 is 0 Å². The van der Waals surface area contributed by atoms with Crippen LogP contribution in [-0.2, 0) is 4.79 Å². The minimum absolute atomic E-state index is 0.178. The van der Waals surface area contributed by atoms with Crippen molar-refractivity contribution in [2.24, 2.45) is 22.7 Å². The highest BCUT2D eigenvalue weighted by atomic mass is 16.1. The Morgan fingerprint density at radius 2 is 2.00 bits per heavy atom. The van der Waals surface area contributed by atoms with Crippen molar-refractivity contribution in [3.63, 3.8) is 0 Å². The Balaban J connectivity index is 1.78. The van der Waals surface area contributed by atoms with Crippen molar-refractivity contribution >= 4 is 5.91 Å². The van der Waals surface area contributed by atoms with Crippen LogP contribution in [0.4, 0.5) is 0 Å². The lowest BCUT2D eigenvalue weighted by molar-refractivity contribution is -0.121. The van der Waals surface area contributed by atoms with Crippen LogP contribution in [0, 0.1) is 22.7 Å². The first-order valence-electron chi connectivity index (χ1n) is 8.26. The van der Waals surface area contributed by atoms with Gasteiger partial charge in [0.2, 0.25) is 5.91 Å². The molecule has 20 heavy (non-hydrogen) atoms. The van der Waals surface area contributed by atoms with Gasteiger partial charge in [-0.05, 0) is 41.9 Å². The highest BCUT2D eigenvalue weighted by Crippen LogP contribution is 2.62. The molecule has 0 aromatic heterocycles. The zero-order valence-electron chi connectivity index (χ0n) is 13.9. The number of fused-ring (bicyclic) bond motifs is 2. The Morgan fingerprint density at radius 1 is 1.30 bits per heavy atom. The van der Waals surface area contributed by atoms with Crippen molar-refractivity contribution in [2.45, 2.75) is 66.3 Å². The Bertz CT molecular complexity index is 359. The van der Waals surface area contributed by atoms with Crippen molar-refractivity contribution in [1.82, 2.24) is 10.6 Å². The molecule has 1 unspecified atom stereocenters. The van der Waals surface area contributed by atoms with Crippen molar-refractivity contribution in [1.29, 1.82) is 0 Å². The van der Waals surface area contributed by atoms with Crippen LogP contribution < -0.4 is 10.6 Å². The molecule has 0 aromatic rings. The van der Waals surface area contributed by atoms with Gasteiger partial charge in [0.15, 0.2) is 0 Å². The highest BCUT2D eigenvalue weighted by Gasteiger charge is 2.58. The molecular formula is C17H32N2O. The molecule has 2 bridgehead atoms.